The smallest absolute Gasteiger partial charge is 0.265 e. The molecule has 0 saturated heterocycles. The first kappa shape index (κ1) is 31.4. The highest BCUT2D eigenvalue weighted by molar-refractivity contribution is 8.03. The van der Waals surface area contributed by atoms with Crippen LogP contribution >= 0.6 is 46.3 Å². The predicted octanol–water partition coefficient (Wildman–Crippen LogP) is 0.621. The normalized spacial score (nSPS) is 14.3. The van der Waals surface area contributed by atoms with E-state index in [-0.39, 0.29) is 18.8 Å². The minimum atomic E-state index is -4.30. The quantitative estimate of drug-likeness (QED) is 0.166. The summed E-state index contributed by atoms with van der Waals surface area (Å²) in [6.07, 6.45) is 2.29. The molecule has 2 aromatic carbocycles. The third-order valence-electron chi connectivity index (χ3n) is 5.53. The summed E-state index contributed by atoms with van der Waals surface area (Å²) >= 11 is 15.8. The molecule has 208 valence electrons. The molecule has 1 aliphatic rings. The molecule has 1 aliphatic heterocycles. The maximum Gasteiger partial charge on any atom is 0.265 e. The van der Waals surface area contributed by atoms with Gasteiger partial charge in [-0.1, -0.05) is 46.3 Å². The van der Waals surface area contributed by atoms with Crippen LogP contribution in [-0.4, -0.2) is 58.2 Å². The molecule has 0 bridgehead atoms. The lowest BCUT2D eigenvalue weighted by Crippen LogP contribution is -3.00. The highest BCUT2D eigenvalue weighted by atomic mass is 35.5. The standard InChI is InChI=1S/C24H27Cl2N3O5S3.ClH/c25-17-2-4-21-19(14-17)28(7-1-13-37(30,31)32)23(35-21)16-24-29(8-10-34-12-11-33-9-6-27)20-15-18(26)3-5-22(20)36-24;/h2-5,14-16H,1,6-13,27H2;1H. The summed E-state index contributed by atoms with van der Waals surface area (Å²) in [5.74, 6) is -0.422. The summed E-state index contributed by atoms with van der Waals surface area (Å²) in [5.41, 5.74) is 5.66. The summed E-state index contributed by atoms with van der Waals surface area (Å²) in [7, 11) is -4.30. The molecule has 38 heavy (non-hydrogen) atoms. The Hall–Kier alpha value is -1.12. The number of anilines is 1. The second-order valence-corrected chi connectivity index (χ2v) is 12.8. The summed E-state index contributed by atoms with van der Waals surface area (Å²) in [5, 5.41) is 3.16. The van der Waals surface area contributed by atoms with Crippen molar-refractivity contribution in [3.63, 3.8) is 0 Å². The van der Waals surface area contributed by atoms with E-state index in [2.05, 4.69) is 16.7 Å². The van der Waals surface area contributed by atoms with Crippen molar-refractivity contribution >= 4 is 78.4 Å². The number of aryl methyl sites for hydroxylation is 1. The predicted molar refractivity (Wildman–Crippen MR) is 148 cm³/mol. The van der Waals surface area contributed by atoms with Gasteiger partial charge in [0, 0.05) is 39.7 Å². The summed E-state index contributed by atoms with van der Waals surface area (Å²) in [6, 6.07) is 11.5. The first-order valence-electron chi connectivity index (χ1n) is 11.7. The zero-order valence-electron chi connectivity index (χ0n) is 20.4. The van der Waals surface area contributed by atoms with Crippen LogP contribution in [0.2, 0.25) is 10.0 Å². The Balaban J connectivity index is 0.00000400. The number of nitrogens with zero attached hydrogens (tertiary/aromatic N) is 2. The van der Waals surface area contributed by atoms with E-state index in [0.717, 1.165) is 37.4 Å². The van der Waals surface area contributed by atoms with Crippen LogP contribution in [-0.2, 0) is 26.1 Å². The molecule has 0 amide bonds. The number of halogens is 3. The van der Waals surface area contributed by atoms with E-state index < -0.39 is 15.9 Å². The van der Waals surface area contributed by atoms with Gasteiger partial charge in [-0.05, 0) is 30.3 Å². The molecule has 3 aromatic rings. The molecule has 0 aliphatic carbocycles. The zero-order chi connectivity index (χ0) is 26.4. The Bertz CT molecular complexity index is 1390. The fraction of sp³-hybridized carbons (Fsp3) is 0.375. The van der Waals surface area contributed by atoms with Gasteiger partial charge in [0.05, 0.1) is 59.9 Å². The van der Waals surface area contributed by atoms with E-state index in [1.807, 2.05) is 41.0 Å². The first-order chi connectivity index (χ1) is 17.7. The van der Waals surface area contributed by atoms with Gasteiger partial charge in [0.15, 0.2) is 6.54 Å². The Labute approximate surface area is 246 Å². The molecule has 0 saturated carbocycles. The Morgan fingerprint density at radius 1 is 1.05 bits per heavy atom. The number of rotatable bonds is 13. The van der Waals surface area contributed by atoms with E-state index in [1.165, 1.54) is 0 Å². The molecule has 3 N–H and O–H groups in total. The van der Waals surface area contributed by atoms with Crippen molar-refractivity contribution in [2.24, 2.45) is 0 Å². The number of benzene rings is 2. The van der Waals surface area contributed by atoms with Crippen LogP contribution in [0.4, 0.5) is 5.69 Å². The van der Waals surface area contributed by atoms with Gasteiger partial charge in [0.2, 0.25) is 5.52 Å². The highest BCUT2D eigenvalue weighted by Gasteiger charge is 2.28. The molecule has 0 atom stereocenters. The lowest BCUT2D eigenvalue weighted by atomic mass is 10.3. The average molecular weight is 641 g/mol. The average Bonchev–Trinajstić information content (AvgIpc) is 3.35. The second kappa shape index (κ2) is 14.5. The van der Waals surface area contributed by atoms with Crippen molar-refractivity contribution in [2.75, 3.05) is 50.2 Å². The largest absolute Gasteiger partial charge is 1.00 e. The van der Waals surface area contributed by atoms with Gasteiger partial charge in [-0.25, -0.2) is 8.42 Å². The van der Waals surface area contributed by atoms with E-state index in [9.17, 15) is 13.0 Å². The van der Waals surface area contributed by atoms with Crippen LogP contribution < -0.4 is 27.6 Å². The number of thioether (sulfide) groups is 1. The van der Waals surface area contributed by atoms with Gasteiger partial charge >= 0.3 is 0 Å². The molecule has 0 fully saturated rings. The second-order valence-electron chi connectivity index (χ2n) is 8.25. The molecule has 4 rings (SSSR count). The van der Waals surface area contributed by atoms with Crippen LogP contribution in [0, 0.1) is 0 Å². The van der Waals surface area contributed by atoms with Gasteiger partial charge < -0.3 is 37.1 Å². The molecule has 0 unspecified atom stereocenters. The maximum absolute atomic E-state index is 11.2. The minimum Gasteiger partial charge on any atom is -1.00 e. The fourth-order valence-corrected chi connectivity index (χ4v) is 7.01. The maximum atomic E-state index is 11.2. The summed E-state index contributed by atoms with van der Waals surface area (Å²) < 4.78 is 47.9. The zero-order valence-corrected chi connectivity index (χ0v) is 25.1. The van der Waals surface area contributed by atoms with E-state index in [0.29, 0.717) is 49.6 Å². The number of hydrogen-bond donors (Lipinski definition) is 1. The van der Waals surface area contributed by atoms with Crippen LogP contribution in [0.3, 0.4) is 0 Å². The molecule has 14 heteroatoms. The number of ether oxygens (including phenoxy) is 2. The number of quaternary nitrogens is 1. The Kier molecular flexibility index (Phi) is 12.0. The van der Waals surface area contributed by atoms with E-state index in [1.54, 1.807) is 23.1 Å². The van der Waals surface area contributed by atoms with E-state index >= 15 is 0 Å². The summed E-state index contributed by atoms with van der Waals surface area (Å²) in [6.45, 7) is 3.87. The molecule has 1 aromatic heterocycles. The van der Waals surface area contributed by atoms with Gasteiger partial charge in [-0.2, -0.15) is 4.57 Å². The van der Waals surface area contributed by atoms with Crippen molar-refractivity contribution in [3.8, 4) is 0 Å². The Morgan fingerprint density at radius 3 is 2.50 bits per heavy atom. The van der Waals surface area contributed by atoms with Crippen LogP contribution in [0.15, 0.2) is 46.3 Å². The van der Waals surface area contributed by atoms with Crippen molar-refractivity contribution in [1.29, 1.82) is 0 Å². The van der Waals surface area contributed by atoms with Crippen LogP contribution in [0.1, 0.15) is 11.4 Å². The van der Waals surface area contributed by atoms with Crippen LogP contribution in [0.25, 0.3) is 16.3 Å². The monoisotopic (exact) mass is 639 g/mol. The lowest BCUT2D eigenvalue weighted by molar-refractivity contribution is -0.668. The Morgan fingerprint density at radius 2 is 1.76 bits per heavy atom. The number of thiazole rings is 1. The SMILES string of the molecule is [Cl-].[NH3+]CCOCCOCCN1/C(=C\c2sc3ccc(Cl)cc3[n+]2CCCS(=O)(=O)[O-])Sc2ccc(Cl)cc21. The van der Waals surface area contributed by atoms with Gasteiger partial charge in [-0.3, -0.25) is 0 Å². The number of hydrogen-bond acceptors (Lipinski definition) is 8. The van der Waals surface area contributed by atoms with Crippen LogP contribution in [0.5, 0.6) is 0 Å². The topological polar surface area (TPSA) is 110 Å². The van der Waals surface area contributed by atoms with Crippen molar-refractivity contribution in [2.45, 2.75) is 17.9 Å². The van der Waals surface area contributed by atoms with Gasteiger partial charge in [0.1, 0.15) is 4.70 Å². The van der Waals surface area contributed by atoms with Gasteiger partial charge in [-0.15, -0.1) is 0 Å². The number of aromatic nitrogens is 1. The third kappa shape index (κ3) is 8.44. The molecule has 8 nitrogen and oxygen atoms in total. The third-order valence-corrected chi connectivity index (χ3v) is 9.01. The van der Waals surface area contributed by atoms with Gasteiger partial charge in [0.25, 0.3) is 5.01 Å². The first-order valence-corrected chi connectivity index (χ1v) is 15.7. The highest BCUT2D eigenvalue weighted by Crippen LogP contribution is 2.47. The van der Waals surface area contributed by atoms with E-state index in [4.69, 9.17) is 32.7 Å². The number of fused-ring (bicyclic) bond motifs is 2. The molecule has 2 heterocycles. The molecular weight excluding hydrogens is 613 g/mol. The molecule has 0 spiro atoms. The lowest BCUT2D eigenvalue weighted by Gasteiger charge is -2.20. The molecule has 0 radical (unpaired) electrons. The minimum absolute atomic E-state index is 0. The van der Waals surface area contributed by atoms with Crippen molar-refractivity contribution in [1.82, 2.24) is 0 Å². The summed E-state index contributed by atoms with van der Waals surface area (Å²) in [4.78, 5) is 3.26. The fourth-order valence-electron chi connectivity index (χ4n) is 3.91. The van der Waals surface area contributed by atoms with Crippen molar-refractivity contribution in [3.05, 3.63) is 56.5 Å². The van der Waals surface area contributed by atoms with Crippen molar-refractivity contribution < 1.29 is 45.2 Å². The molecular formula is C24H28Cl3N3O5S3.